The Labute approximate surface area is 111 Å². The number of nitro benzene ring substituents is 1. The predicted octanol–water partition coefficient (Wildman–Crippen LogP) is 2.37. The molecule has 1 rings (SSSR count). The van der Waals surface area contributed by atoms with Crippen LogP contribution < -0.4 is 4.74 Å². The number of hydrogen-bond acceptors (Lipinski definition) is 5. The zero-order chi connectivity index (χ0) is 15.2. The van der Waals surface area contributed by atoms with Crippen molar-refractivity contribution in [3.05, 3.63) is 33.9 Å². The Balaban J connectivity index is 2.52. The Morgan fingerprint density at radius 3 is 2.55 bits per heavy atom. The molecule has 0 saturated carbocycles. The van der Waals surface area contributed by atoms with Crippen LogP contribution >= 0.6 is 0 Å². The molecular weight excluding hydrogens is 283 g/mol. The van der Waals surface area contributed by atoms with E-state index in [0.717, 1.165) is 12.1 Å². The number of benzene rings is 1. The average molecular weight is 293 g/mol. The minimum absolute atomic E-state index is 0.0428. The van der Waals surface area contributed by atoms with Crippen LogP contribution in [0, 0.1) is 10.1 Å². The Morgan fingerprint density at radius 1 is 1.30 bits per heavy atom. The second kappa shape index (κ2) is 6.85. The molecule has 0 aromatic heterocycles. The van der Waals surface area contributed by atoms with Gasteiger partial charge < -0.3 is 9.47 Å². The Hall–Kier alpha value is -2.16. The molecule has 0 saturated heterocycles. The largest absolute Gasteiger partial charge is 0.490 e. The lowest BCUT2D eigenvalue weighted by atomic mass is 10.2. The molecule has 0 bridgehead atoms. The molecule has 110 valence electrons. The minimum atomic E-state index is -4.42. The zero-order valence-corrected chi connectivity index (χ0v) is 10.1. The molecular formula is C11H10F3NO5. The van der Waals surface area contributed by atoms with Crippen LogP contribution in [0.2, 0.25) is 0 Å². The number of carbonyl (C=O) groups excluding carboxylic acids is 1. The van der Waals surface area contributed by atoms with Crippen molar-refractivity contribution in [1.82, 2.24) is 0 Å². The van der Waals surface area contributed by atoms with E-state index < -0.39 is 17.7 Å². The van der Waals surface area contributed by atoms with E-state index >= 15 is 0 Å². The normalized spacial score (nSPS) is 11.2. The molecule has 9 heteroatoms. The van der Waals surface area contributed by atoms with Crippen molar-refractivity contribution in [1.29, 1.82) is 0 Å². The van der Waals surface area contributed by atoms with Crippen molar-refractivity contribution in [3.63, 3.8) is 0 Å². The molecule has 6 nitrogen and oxygen atoms in total. The van der Waals surface area contributed by atoms with Crippen LogP contribution in [0.25, 0.3) is 0 Å². The second-order valence-corrected chi connectivity index (χ2v) is 3.61. The molecule has 20 heavy (non-hydrogen) atoms. The zero-order valence-electron chi connectivity index (χ0n) is 10.1. The Bertz CT molecular complexity index is 489. The van der Waals surface area contributed by atoms with Crippen LogP contribution in [0.5, 0.6) is 5.75 Å². The molecule has 1 aromatic rings. The van der Waals surface area contributed by atoms with Gasteiger partial charge in [-0.2, -0.15) is 13.2 Å². The van der Waals surface area contributed by atoms with Gasteiger partial charge in [-0.25, -0.2) is 0 Å². The van der Waals surface area contributed by atoms with E-state index in [9.17, 15) is 28.1 Å². The maximum atomic E-state index is 11.8. The lowest BCUT2D eigenvalue weighted by Crippen LogP contribution is -2.19. The first-order valence-corrected chi connectivity index (χ1v) is 5.34. The van der Waals surface area contributed by atoms with E-state index in [1.807, 2.05) is 0 Å². The van der Waals surface area contributed by atoms with Crippen molar-refractivity contribution in [2.75, 3.05) is 19.8 Å². The number of ether oxygens (including phenoxy) is 2. The quantitative estimate of drug-likeness (QED) is 0.334. The maximum absolute atomic E-state index is 11.8. The van der Waals surface area contributed by atoms with E-state index in [4.69, 9.17) is 4.74 Å². The predicted molar refractivity (Wildman–Crippen MR) is 60.9 cm³/mol. The lowest BCUT2D eigenvalue weighted by molar-refractivity contribution is -0.384. The van der Waals surface area contributed by atoms with Gasteiger partial charge in [0.1, 0.15) is 19.0 Å². The highest BCUT2D eigenvalue weighted by Crippen LogP contribution is 2.22. The number of nitro groups is 1. The van der Waals surface area contributed by atoms with Crippen molar-refractivity contribution in [3.8, 4) is 5.75 Å². The summed E-state index contributed by atoms with van der Waals surface area (Å²) in [5, 5.41) is 10.5. The van der Waals surface area contributed by atoms with Crippen LogP contribution in [-0.4, -0.2) is 37.2 Å². The number of carbonyl (C=O) groups is 1. The molecule has 0 aliphatic rings. The summed E-state index contributed by atoms with van der Waals surface area (Å²) in [6.45, 7) is -1.93. The average Bonchev–Trinajstić information content (AvgIpc) is 2.36. The first-order chi connectivity index (χ1) is 9.33. The third-order valence-corrected chi connectivity index (χ3v) is 2.08. The fourth-order valence-corrected chi connectivity index (χ4v) is 1.27. The van der Waals surface area contributed by atoms with Gasteiger partial charge in [0.05, 0.1) is 17.1 Å². The summed E-state index contributed by atoms with van der Waals surface area (Å²) in [7, 11) is 0. The van der Waals surface area contributed by atoms with Crippen LogP contribution in [0.1, 0.15) is 10.4 Å². The summed E-state index contributed by atoms with van der Waals surface area (Å²) < 4.78 is 44.6. The van der Waals surface area contributed by atoms with Crippen molar-refractivity contribution in [2.24, 2.45) is 0 Å². The minimum Gasteiger partial charge on any atom is -0.490 e. The van der Waals surface area contributed by atoms with Crippen molar-refractivity contribution < 1.29 is 32.4 Å². The molecule has 0 spiro atoms. The Morgan fingerprint density at radius 2 is 2.00 bits per heavy atom. The molecule has 0 radical (unpaired) electrons. The van der Waals surface area contributed by atoms with E-state index in [-0.39, 0.29) is 30.2 Å². The number of non-ortho nitro benzene ring substituents is 1. The van der Waals surface area contributed by atoms with Gasteiger partial charge in [0.25, 0.3) is 5.69 Å². The second-order valence-electron chi connectivity index (χ2n) is 3.61. The van der Waals surface area contributed by atoms with Gasteiger partial charge in [-0.05, 0) is 6.07 Å². The number of hydrogen-bond donors (Lipinski definition) is 0. The summed E-state index contributed by atoms with van der Waals surface area (Å²) in [6.07, 6.45) is -4.06. The summed E-state index contributed by atoms with van der Waals surface area (Å²) in [5.41, 5.74) is -0.345. The van der Waals surface area contributed by atoms with Gasteiger partial charge in [0.15, 0.2) is 6.29 Å². The van der Waals surface area contributed by atoms with Gasteiger partial charge in [-0.3, -0.25) is 14.9 Å². The number of aldehydes is 1. The number of alkyl halides is 3. The lowest BCUT2D eigenvalue weighted by Gasteiger charge is -2.10. The topological polar surface area (TPSA) is 78.7 Å². The van der Waals surface area contributed by atoms with Crippen LogP contribution in [0.15, 0.2) is 18.2 Å². The van der Waals surface area contributed by atoms with Gasteiger partial charge in [-0.15, -0.1) is 0 Å². The molecule has 0 aliphatic carbocycles. The first-order valence-electron chi connectivity index (χ1n) is 5.34. The number of nitrogens with zero attached hydrogens (tertiary/aromatic N) is 1. The van der Waals surface area contributed by atoms with E-state index in [0.29, 0.717) is 6.29 Å². The first kappa shape index (κ1) is 15.9. The Kier molecular flexibility index (Phi) is 5.44. The van der Waals surface area contributed by atoms with Gasteiger partial charge in [0, 0.05) is 12.1 Å². The smallest absolute Gasteiger partial charge is 0.411 e. The molecule has 0 unspecified atom stereocenters. The third-order valence-electron chi connectivity index (χ3n) is 2.08. The van der Waals surface area contributed by atoms with Crippen molar-refractivity contribution >= 4 is 12.0 Å². The molecule has 0 N–H and O–H groups in total. The molecule has 0 heterocycles. The van der Waals surface area contributed by atoms with E-state index in [2.05, 4.69) is 4.74 Å². The van der Waals surface area contributed by atoms with Gasteiger partial charge in [-0.1, -0.05) is 0 Å². The maximum Gasteiger partial charge on any atom is 0.411 e. The summed E-state index contributed by atoms with van der Waals surface area (Å²) in [4.78, 5) is 20.6. The van der Waals surface area contributed by atoms with Crippen LogP contribution in [0.4, 0.5) is 18.9 Å². The SMILES string of the molecule is O=Cc1cc([N+](=O)[O-])ccc1OCCOCC(F)(F)F. The highest BCUT2D eigenvalue weighted by molar-refractivity contribution is 5.80. The molecule has 0 aliphatic heterocycles. The fraction of sp³-hybridized carbons (Fsp3) is 0.364. The molecule has 0 fully saturated rings. The standard InChI is InChI=1S/C11H10F3NO5/c12-11(13,14)7-19-3-4-20-10-2-1-9(15(17)18)5-8(10)6-16/h1-2,5-6H,3-4,7H2. The monoisotopic (exact) mass is 293 g/mol. The van der Waals surface area contributed by atoms with Crippen LogP contribution in [0.3, 0.4) is 0 Å². The van der Waals surface area contributed by atoms with Gasteiger partial charge in [0.2, 0.25) is 0 Å². The molecule has 0 atom stereocenters. The van der Waals surface area contributed by atoms with Crippen molar-refractivity contribution in [2.45, 2.75) is 6.18 Å². The summed E-state index contributed by atoms with van der Waals surface area (Å²) >= 11 is 0. The van der Waals surface area contributed by atoms with E-state index in [1.54, 1.807) is 0 Å². The molecule has 1 aromatic carbocycles. The fourth-order valence-electron chi connectivity index (χ4n) is 1.27. The number of halogens is 3. The van der Waals surface area contributed by atoms with Gasteiger partial charge >= 0.3 is 6.18 Å². The number of rotatable bonds is 7. The van der Waals surface area contributed by atoms with E-state index in [1.165, 1.54) is 6.07 Å². The molecule has 0 amide bonds. The van der Waals surface area contributed by atoms with Crippen LogP contribution in [-0.2, 0) is 4.74 Å². The summed E-state index contributed by atoms with van der Waals surface area (Å²) in [6, 6.07) is 3.34. The highest BCUT2D eigenvalue weighted by atomic mass is 19.4. The highest BCUT2D eigenvalue weighted by Gasteiger charge is 2.27. The third kappa shape index (κ3) is 5.22. The summed E-state index contributed by atoms with van der Waals surface area (Å²) in [5.74, 6) is 0.0428.